The topological polar surface area (TPSA) is 76.7 Å². The van der Waals surface area contributed by atoms with Crippen molar-refractivity contribution in [3.8, 4) is 5.75 Å². The number of benzene rings is 1. The van der Waals surface area contributed by atoms with Gasteiger partial charge in [0.25, 0.3) is 5.91 Å². The van der Waals surface area contributed by atoms with E-state index in [-0.39, 0.29) is 42.0 Å². The fourth-order valence-electron chi connectivity index (χ4n) is 5.44. The predicted molar refractivity (Wildman–Crippen MR) is 108 cm³/mol. The van der Waals surface area contributed by atoms with Gasteiger partial charge < -0.3 is 20.1 Å². The fraction of sp³-hybridized carbons (Fsp3) is 0.636. The van der Waals surface area contributed by atoms with Gasteiger partial charge in [0.15, 0.2) is 6.10 Å². The zero-order chi connectivity index (χ0) is 20.9. The van der Waals surface area contributed by atoms with E-state index in [1.165, 1.54) is 0 Å². The average Bonchev–Trinajstić information content (AvgIpc) is 3.10. The SMILES string of the molecule is O=C(COC1CCC(Cl)C(F)C1)NC12CC(NC(=O)C3Cc4ccccc4O3)(C1)C2. The van der Waals surface area contributed by atoms with Crippen molar-refractivity contribution in [3.05, 3.63) is 29.8 Å². The molecule has 8 heteroatoms. The van der Waals surface area contributed by atoms with Crippen LogP contribution < -0.4 is 15.4 Å². The van der Waals surface area contributed by atoms with E-state index in [2.05, 4.69) is 10.6 Å². The third-order valence-corrected chi connectivity index (χ3v) is 7.35. The molecule has 0 saturated heterocycles. The Labute approximate surface area is 179 Å². The Morgan fingerprint density at radius 3 is 2.63 bits per heavy atom. The molecule has 0 spiro atoms. The Hall–Kier alpha value is -1.86. The van der Waals surface area contributed by atoms with Gasteiger partial charge in [-0.3, -0.25) is 9.59 Å². The molecule has 1 aromatic rings. The monoisotopic (exact) mass is 436 g/mol. The minimum atomic E-state index is -1.08. The van der Waals surface area contributed by atoms with E-state index in [0.717, 1.165) is 30.6 Å². The minimum Gasteiger partial charge on any atom is -0.480 e. The number of carbonyl (C=O) groups is 2. The number of hydrogen-bond acceptors (Lipinski definition) is 4. The van der Waals surface area contributed by atoms with Crippen molar-refractivity contribution < 1.29 is 23.5 Å². The van der Waals surface area contributed by atoms with E-state index < -0.39 is 17.7 Å². The lowest BCUT2D eigenvalue weighted by Crippen LogP contribution is -2.84. The van der Waals surface area contributed by atoms with Crippen LogP contribution in [-0.2, 0) is 20.7 Å². The summed E-state index contributed by atoms with van der Waals surface area (Å²) in [5, 5.41) is 5.71. The van der Waals surface area contributed by atoms with E-state index >= 15 is 0 Å². The van der Waals surface area contributed by atoms with Crippen LogP contribution in [0.1, 0.15) is 44.1 Å². The molecule has 1 aromatic carbocycles. The molecular formula is C22H26ClFN2O4. The third kappa shape index (κ3) is 3.66. The number of nitrogens with one attached hydrogen (secondary N) is 2. The van der Waals surface area contributed by atoms with E-state index in [1.807, 2.05) is 24.3 Å². The molecule has 30 heavy (non-hydrogen) atoms. The molecule has 4 atom stereocenters. The van der Waals surface area contributed by atoms with Crippen molar-refractivity contribution in [3.63, 3.8) is 0 Å². The lowest BCUT2D eigenvalue weighted by molar-refractivity contribution is -0.155. The molecule has 2 N–H and O–H groups in total. The third-order valence-electron chi connectivity index (χ3n) is 6.86. The average molecular weight is 437 g/mol. The molecule has 5 aliphatic rings. The second-order valence-electron chi connectivity index (χ2n) is 9.32. The maximum Gasteiger partial charge on any atom is 0.261 e. The normalized spacial score (nSPS) is 38.5. The van der Waals surface area contributed by atoms with Crippen molar-refractivity contribution in [2.24, 2.45) is 0 Å². The number of amides is 2. The maximum absolute atomic E-state index is 13.7. The molecule has 2 bridgehead atoms. The summed E-state index contributed by atoms with van der Waals surface area (Å²) in [7, 11) is 0. The standard InChI is InChI=1S/C22H26ClFN2O4/c23-15-6-5-14(8-16(15)24)29-9-19(27)25-21-10-22(11-21,12-21)26-20(28)18-7-13-3-1-2-4-17(13)30-18/h1-4,14-16,18H,5-12H2,(H,25,27)(H,26,28). The highest BCUT2D eigenvalue weighted by molar-refractivity contribution is 6.21. The number of hydrogen-bond donors (Lipinski definition) is 2. The van der Waals surface area contributed by atoms with Gasteiger partial charge in [-0.25, -0.2) is 4.39 Å². The van der Waals surface area contributed by atoms with Crippen LogP contribution in [0.15, 0.2) is 24.3 Å². The number of carbonyl (C=O) groups excluding carboxylic acids is 2. The number of halogens is 2. The number of fused-ring (bicyclic) bond motifs is 1. The molecular weight excluding hydrogens is 411 g/mol. The van der Waals surface area contributed by atoms with Gasteiger partial charge in [0, 0.05) is 23.9 Å². The molecule has 162 valence electrons. The Bertz CT molecular complexity index is 821. The minimum absolute atomic E-state index is 0.0698. The molecule has 4 fully saturated rings. The molecule has 6 rings (SSSR count). The van der Waals surface area contributed by atoms with Crippen LogP contribution in [-0.4, -0.2) is 53.3 Å². The number of para-hydroxylation sites is 1. The first kappa shape index (κ1) is 20.1. The van der Waals surface area contributed by atoms with Crippen LogP contribution in [0.3, 0.4) is 0 Å². The number of rotatable bonds is 6. The fourth-order valence-corrected chi connectivity index (χ4v) is 5.67. The van der Waals surface area contributed by atoms with E-state index in [4.69, 9.17) is 21.1 Å². The van der Waals surface area contributed by atoms with Crippen molar-refractivity contribution in [1.29, 1.82) is 0 Å². The summed E-state index contributed by atoms with van der Waals surface area (Å²) >= 11 is 5.88. The molecule has 1 aliphatic heterocycles. The zero-order valence-corrected chi connectivity index (χ0v) is 17.4. The summed E-state index contributed by atoms with van der Waals surface area (Å²) < 4.78 is 25.0. The lowest BCUT2D eigenvalue weighted by Gasteiger charge is -2.70. The summed E-state index contributed by atoms with van der Waals surface area (Å²) in [5.41, 5.74) is 0.574. The summed E-state index contributed by atoms with van der Waals surface area (Å²) in [6.07, 6.45) is 2.42. The lowest BCUT2D eigenvalue weighted by atomic mass is 9.44. The smallest absolute Gasteiger partial charge is 0.261 e. The summed E-state index contributed by atoms with van der Waals surface area (Å²) in [5.74, 6) is 0.495. The largest absolute Gasteiger partial charge is 0.480 e. The highest BCUT2D eigenvalue weighted by Crippen LogP contribution is 2.60. The van der Waals surface area contributed by atoms with Gasteiger partial charge in [0.05, 0.1) is 11.5 Å². The quantitative estimate of drug-likeness (QED) is 0.671. The van der Waals surface area contributed by atoms with Gasteiger partial charge in [-0.1, -0.05) is 18.2 Å². The second kappa shape index (κ2) is 7.38. The molecule has 6 nitrogen and oxygen atoms in total. The van der Waals surface area contributed by atoms with Gasteiger partial charge in [-0.2, -0.15) is 0 Å². The second-order valence-corrected chi connectivity index (χ2v) is 9.89. The molecule has 4 saturated carbocycles. The molecule has 2 amide bonds. The number of alkyl halides is 2. The van der Waals surface area contributed by atoms with E-state index in [0.29, 0.717) is 19.3 Å². The van der Waals surface area contributed by atoms with Gasteiger partial charge in [-0.15, -0.1) is 11.6 Å². The van der Waals surface area contributed by atoms with Gasteiger partial charge in [0.2, 0.25) is 5.91 Å². The highest BCUT2D eigenvalue weighted by atomic mass is 35.5. The van der Waals surface area contributed by atoms with Gasteiger partial charge >= 0.3 is 0 Å². The van der Waals surface area contributed by atoms with E-state index in [1.54, 1.807) is 0 Å². The Morgan fingerprint density at radius 1 is 1.17 bits per heavy atom. The summed E-state index contributed by atoms with van der Waals surface area (Å²) in [6, 6.07) is 7.70. The highest BCUT2D eigenvalue weighted by Gasteiger charge is 2.69. The van der Waals surface area contributed by atoms with Crippen LogP contribution in [0.2, 0.25) is 0 Å². The van der Waals surface area contributed by atoms with Crippen molar-refractivity contribution in [1.82, 2.24) is 10.6 Å². The first-order chi connectivity index (χ1) is 14.4. The van der Waals surface area contributed by atoms with Crippen molar-refractivity contribution in [2.75, 3.05) is 6.61 Å². The number of ether oxygens (including phenoxy) is 2. The predicted octanol–water partition coefficient (Wildman–Crippen LogP) is 2.41. The first-order valence-electron chi connectivity index (χ1n) is 10.6. The van der Waals surface area contributed by atoms with Gasteiger partial charge in [0.1, 0.15) is 18.5 Å². The maximum atomic E-state index is 13.7. The van der Waals surface area contributed by atoms with Gasteiger partial charge in [-0.05, 0) is 43.7 Å². The Morgan fingerprint density at radius 2 is 1.90 bits per heavy atom. The zero-order valence-electron chi connectivity index (χ0n) is 16.7. The van der Waals surface area contributed by atoms with Crippen LogP contribution in [0, 0.1) is 0 Å². The summed E-state index contributed by atoms with van der Waals surface area (Å²) in [4.78, 5) is 24.9. The molecule has 4 unspecified atom stereocenters. The van der Waals surface area contributed by atoms with Crippen molar-refractivity contribution >= 4 is 23.4 Å². The van der Waals surface area contributed by atoms with E-state index in [9.17, 15) is 14.0 Å². The summed E-state index contributed by atoms with van der Waals surface area (Å²) in [6.45, 7) is -0.0698. The van der Waals surface area contributed by atoms with Crippen LogP contribution in [0.4, 0.5) is 4.39 Å². The Kier molecular flexibility index (Phi) is 4.93. The van der Waals surface area contributed by atoms with Crippen LogP contribution in [0.25, 0.3) is 0 Å². The first-order valence-corrected chi connectivity index (χ1v) is 11.1. The van der Waals surface area contributed by atoms with Crippen LogP contribution >= 0.6 is 11.6 Å². The van der Waals surface area contributed by atoms with Crippen LogP contribution in [0.5, 0.6) is 5.75 Å². The molecule has 0 aromatic heterocycles. The molecule has 1 heterocycles. The molecule has 0 radical (unpaired) electrons. The molecule has 4 aliphatic carbocycles. The Balaban J connectivity index is 1.04. The van der Waals surface area contributed by atoms with Crippen molar-refractivity contribution in [2.45, 2.75) is 79.8 Å².